The first-order chi connectivity index (χ1) is 16.1. The molecule has 2 unspecified atom stereocenters. The molecule has 178 valence electrons. The van der Waals surface area contributed by atoms with Crippen LogP contribution in [-0.4, -0.2) is 71.7 Å². The van der Waals surface area contributed by atoms with Crippen molar-refractivity contribution in [2.45, 2.75) is 62.9 Å². The summed E-state index contributed by atoms with van der Waals surface area (Å²) in [7, 11) is 1.68. The summed E-state index contributed by atoms with van der Waals surface area (Å²) in [5, 5.41) is 7.58. The van der Waals surface area contributed by atoms with E-state index in [0.29, 0.717) is 13.2 Å². The summed E-state index contributed by atoms with van der Waals surface area (Å²) in [4.78, 5) is 14.7. The number of amides is 1. The van der Waals surface area contributed by atoms with Gasteiger partial charge in [-0.2, -0.15) is 5.10 Å². The molecule has 1 N–H and O–H groups in total. The molecule has 1 amide bonds. The monoisotopic (exact) mass is 454 g/mol. The van der Waals surface area contributed by atoms with Crippen molar-refractivity contribution in [1.29, 1.82) is 0 Å². The zero-order valence-corrected chi connectivity index (χ0v) is 19.4. The number of likely N-dealkylation sites (tertiary alicyclic amines) is 1. The first kappa shape index (κ1) is 22.4. The van der Waals surface area contributed by atoms with Crippen molar-refractivity contribution >= 4 is 5.91 Å². The van der Waals surface area contributed by atoms with Crippen LogP contribution in [0.15, 0.2) is 36.7 Å². The maximum Gasteiger partial charge on any atom is 0.249 e. The first-order valence-electron chi connectivity index (χ1n) is 12.1. The lowest BCUT2D eigenvalue weighted by molar-refractivity contribution is -0.131. The lowest BCUT2D eigenvalue weighted by Crippen LogP contribution is -2.45. The van der Waals surface area contributed by atoms with Crippen molar-refractivity contribution in [2.24, 2.45) is 0 Å². The second kappa shape index (κ2) is 9.83. The summed E-state index contributed by atoms with van der Waals surface area (Å²) in [6, 6.07) is 7.91. The highest BCUT2D eigenvalue weighted by molar-refractivity contribution is 5.80. The van der Waals surface area contributed by atoms with E-state index in [9.17, 15) is 4.79 Å². The fourth-order valence-corrected chi connectivity index (χ4v) is 5.29. The van der Waals surface area contributed by atoms with Gasteiger partial charge in [-0.05, 0) is 50.7 Å². The smallest absolute Gasteiger partial charge is 0.249 e. The fourth-order valence-electron chi connectivity index (χ4n) is 5.29. The molecule has 3 saturated heterocycles. The van der Waals surface area contributed by atoms with E-state index in [2.05, 4.69) is 21.5 Å². The molecule has 1 aromatic heterocycles. The van der Waals surface area contributed by atoms with Crippen LogP contribution in [0.2, 0.25) is 0 Å². The van der Waals surface area contributed by atoms with E-state index >= 15 is 0 Å². The minimum atomic E-state index is -0.268. The van der Waals surface area contributed by atoms with Crippen LogP contribution in [0, 0.1) is 0 Å². The Labute approximate surface area is 195 Å². The molecule has 1 spiro atoms. The van der Waals surface area contributed by atoms with Crippen molar-refractivity contribution in [3.63, 3.8) is 0 Å². The van der Waals surface area contributed by atoms with E-state index < -0.39 is 0 Å². The number of nitrogens with zero attached hydrogens (tertiary/aromatic N) is 3. The Balaban J connectivity index is 1.09. The normalized spacial score (nSPS) is 24.9. The van der Waals surface area contributed by atoms with Crippen LogP contribution in [0.5, 0.6) is 5.75 Å². The van der Waals surface area contributed by atoms with Gasteiger partial charge in [0.25, 0.3) is 0 Å². The molecule has 0 aliphatic carbocycles. The fraction of sp³-hybridized carbons (Fsp3) is 0.600. The third kappa shape index (κ3) is 5.08. The third-order valence-electron chi connectivity index (χ3n) is 7.21. The van der Waals surface area contributed by atoms with Crippen LogP contribution < -0.4 is 10.1 Å². The number of carbonyl (C=O) groups is 1. The van der Waals surface area contributed by atoms with Crippen LogP contribution in [0.3, 0.4) is 0 Å². The van der Waals surface area contributed by atoms with E-state index in [1.54, 1.807) is 7.11 Å². The minimum absolute atomic E-state index is 0.0144. The van der Waals surface area contributed by atoms with Crippen molar-refractivity contribution in [2.75, 3.05) is 33.4 Å². The third-order valence-corrected chi connectivity index (χ3v) is 7.21. The van der Waals surface area contributed by atoms with Gasteiger partial charge in [0.2, 0.25) is 5.91 Å². The lowest BCUT2D eigenvalue weighted by atomic mass is 9.88. The Morgan fingerprint density at radius 3 is 2.88 bits per heavy atom. The van der Waals surface area contributed by atoms with Crippen LogP contribution >= 0.6 is 0 Å². The molecule has 33 heavy (non-hydrogen) atoms. The van der Waals surface area contributed by atoms with Crippen molar-refractivity contribution in [3.05, 3.63) is 42.2 Å². The zero-order valence-electron chi connectivity index (χ0n) is 19.4. The lowest BCUT2D eigenvalue weighted by Gasteiger charge is -2.39. The van der Waals surface area contributed by atoms with Crippen molar-refractivity contribution in [1.82, 2.24) is 20.0 Å². The quantitative estimate of drug-likeness (QED) is 0.693. The molecule has 4 heterocycles. The van der Waals surface area contributed by atoms with Crippen LogP contribution in [-0.2, 0) is 20.8 Å². The number of hydrogen-bond acceptors (Lipinski definition) is 6. The number of piperidine rings is 1. The molecule has 2 aromatic rings. The van der Waals surface area contributed by atoms with Gasteiger partial charge in [-0.1, -0.05) is 12.1 Å². The predicted octanol–water partition coefficient (Wildman–Crippen LogP) is 2.69. The highest BCUT2D eigenvalue weighted by atomic mass is 16.5. The van der Waals surface area contributed by atoms with Gasteiger partial charge in [-0.25, -0.2) is 4.68 Å². The van der Waals surface area contributed by atoms with Gasteiger partial charge in [-0.3, -0.25) is 9.69 Å². The number of benzene rings is 1. The summed E-state index contributed by atoms with van der Waals surface area (Å²) >= 11 is 0. The van der Waals surface area contributed by atoms with E-state index in [0.717, 1.165) is 69.6 Å². The summed E-state index contributed by atoms with van der Waals surface area (Å²) in [6.07, 6.45) is 9.82. The molecule has 0 bridgehead atoms. The molecule has 1 aromatic carbocycles. The van der Waals surface area contributed by atoms with Crippen LogP contribution in [0.4, 0.5) is 0 Å². The summed E-state index contributed by atoms with van der Waals surface area (Å²) in [5.41, 5.74) is 2.11. The van der Waals surface area contributed by atoms with E-state index in [1.165, 1.54) is 5.56 Å². The molecule has 2 atom stereocenters. The number of aromatic nitrogens is 2. The Morgan fingerprint density at radius 2 is 2.09 bits per heavy atom. The Bertz CT molecular complexity index is 947. The first-order valence-corrected chi connectivity index (χ1v) is 12.1. The van der Waals surface area contributed by atoms with Gasteiger partial charge in [0.05, 0.1) is 25.0 Å². The van der Waals surface area contributed by atoms with Crippen LogP contribution in [0.25, 0.3) is 5.69 Å². The van der Waals surface area contributed by atoms with Gasteiger partial charge < -0.3 is 19.5 Å². The van der Waals surface area contributed by atoms with Gasteiger partial charge in [0.15, 0.2) is 0 Å². The Kier molecular flexibility index (Phi) is 6.66. The molecule has 8 heteroatoms. The van der Waals surface area contributed by atoms with Crippen molar-refractivity contribution in [3.8, 4) is 11.4 Å². The van der Waals surface area contributed by atoms with Gasteiger partial charge in [0, 0.05) is 44.5 Å². The SMILES string of the molecule is COc1ccccc1-n1cc(CN2CCC3(CCC(CNC(=O)C4CCCO4)O3)CC2)cn1. The second-order valence-corrected chi connectivity index (χ2v) is 9.45. The number of ether oxygens (including phenoxy) is 3. The number of hydrogen-bond donors (Lipinski definition) is 1. The minimum Gasteiger partial charge on any atom is -0.494 e. The molecule has 3 aliphatic heterocycles. The molecular weight excluding hydrogens is 420 g/mol. The number of rotatable bonds is 7. The van der Waals surface area contributed by atoms with Gasteiger partial charge >= 0.3 is 0 Å². The molecule has 5 rings (SSSR count). The van der Waals surface area contributed by atoms with Crippen LogP contribution in [0.1, 0.15) is 44.1 Å². The number of carbonyl (C=O) groups excluding carboxylic acids is 1. The Hall–Kier alpha value is -2.42. The number of nitrogens with one attached hydrogen (secondary N) is 1. The molecule has 3 aliphatic rings. The molecule has 0 radical (unpaired) electrons. The molecule has 0 saturated carbocycles. The molecule has 8 nitrogen and oxygen atoms in total. The van der Waals surface area contributed by atoms with Gasteiger partial charge in [0.1, 0.15) is 17.5 Å². The molecular formula is C25H34N4O4. The van der Waals surface area contributed by atoms with Crippen molar-refractivity contribution < 1.29 is 19.0 Å². The maximum absolute atomic E-state index is 12.2. The number of para-hydroxylation sites is 2. The standard InChI is InChI=1S/C25H34N4O4/c1-31-22-6-3-2-5-21(22)29-18-19(15-27-29)17-28-12-10-25(11-13-28)9-8-20(33-25)16-26-24(30)23-7-4-14-32-23/h2-3,5-6,15,18,20,23H,4,7-14,16-17H2,1H3,(H,26,30). The highest BCUT2D eigenvalue weighted by Crippen LogP contribution is 2.39. The number of methoxy groups -OCH3 is 1. The maximum atomic E-state index is 12.2. The Morgan fingerprint density at radius 1 is 1.24 bits per heavy atom. The molecule has 3 fully saturated rings. The predicted molar refractivity (Wildman–Crippen MR) is 123 cm³/mol. The summed E-state index contributed by atoms with van der Waals surface area (Å²) < 4.78 is 19.3. The average Bonchev–Trinajstić information content (AvgIpc) is 3.61. The van der Waals surface area contributed by atoms with Gasteiger partial charge in [-0.15, -0.1) is 0 Å². The largest absolute Gasteiger partial charge is 0.494 e. The van der Waals surface area contributed by atoms with E-state index in [1.807, 2.05) is 35.1 Å². The zero-order chi connectivity index (χ0) is 22.7. The van der Waals surface area contributed by atoms with E-state index in [4.69, 9.17) is 14.2 Å². The summed E-state index contributed by atoms with van der Waals surface area (Å²) in [5.74, 6) is 0.826. The highest BCUT2D eigenvalue weighted by Gasteiger charge is 2.42. The van der Waals surface area contributed by atoms with E-state index in [-0.39, 0.29) is 23.7 Å². The topological polar surface area (TPSA) is 77.9 Å². The second-order valence-electron chi connectivity index (χ2n) is 9.45. The average molecular weight is 455 g/mol. The summed E-state index contributed by atoms with van der Waals surface area (Å²) in [6.45, 7) is 4.18.